The summed E-state index contributed by atoms with van der Waals surface area (Å²) in [6.07, 6.45) is 3.01. The van der Waals surface area contributed by atoms with Crippen molar-refractivity contribution >= 4 is 11.8 Å². The van der Waals surface area contributed by atoms with Gasteiger partial charge in [-0.3, -0.25) is 0 Å². The van der Waals surface area contributed by atoms with Gasteiger partial charge in [-0.25, -0.2) is 0 Å². The van der Waals surface area contributed by atoms with Crippen molar-refractivity contribution in [2.45, 2.75) is 31.1 Å². The van der Waals surface area contributed by atoms with E-state index in [1.165, 1.54) is 23.5 Å². The normalized spacial score (nSPS) is 9.71. The van der Waals surface area contributed by atoms with Crippen molar-refractivity contribution in [1.82, 2.24) is 0 Å². The first-order valence-electron chi connectivity index (χ1n) is 4.95. The number of hydrogen-bond donors (Lipinski definition) is 0. The van der Waals surface area contributed by atoms with Crippen LogP contribution in [0.25, 0.3) is 0 Å². The topological polar surface area (TPSA) is 23.8 Å². The van der Waals surface area contributed by atoms with Gasteiger partial charge in [0.1, 0.15) is 0 Å². The first-order valence-corrected chi connectivity index (χ1v) is 5.94. The van der Waals surface area contributed by atoms with Crippen LogP contribution in [0.2, 0.25) is 0 Å². The van der Waals surface area contributed by atoms with Crippen LogP contribution in [0.1, 0.15) is 25.3 Å². The lowest BCUT2D eigenvalue weighted by atomic mass is 10.2. The highest BCUT2D eigenvalue weighted by atomic mass is 32.2. The van der Waals surface area contributed by atoms with E-state index >= 15 is 0 Å². The van der Waals surface area contributed by atoms with Crippen molar-refractivity contribution in [2.75, 3.05) is 5.75 Å². The van der Waals surface area contributed by atoms with E-state index in [1.807, 2.05) is 23.9 Å². The molecule has 0 spiro atoms. The number of hydrogen-bond acceptors (Lipinski definition) is 2. The summed E-state index contributed by atoms with van der Waals surface area (Å²) in [6.45, 7) is 2.20. The van der Waals surface area contributed by atoms with E-state index in [1.54, 1.807) is 0 Å². The van der Waals surface area contributed by atoms with Crippen molar-refractivity contribution in [3.05, 3.63) is 29.8 Å². The molecule has 2 heteroatoms. The summed E-state index contributed by atoms with van der Waals surface area (Å²) in [5.41, 5.74) is 1.12. The molecule has 0 unspecified atom stereocenters. The van der Waals surface area contributed by atoms with Crippen molar-refractivity contribution < 1.29 is 0 Å². The molecular formula is C12H15NS. The van der Waals surface area contributed by atoms with E-state index in [0.29, 0.717) is 6.42 Å². The van der Waals surface area contributed by atoms with Crippen LogP contribution in [-0.4, -0.2) is 5.75 Å². The Labute approximate surface area is 90.1 Å². The molecule has 0 aliphatic heterocycles. The SMILES string of the molecule is CCCCSc1cccc(CC#N)c1. The number of unbranched alkanes of at least 4 members (excludes halogenated alkanes) is 1. The maximum atomic E-state index is 8.57. The fourth-order valence-electron chi connectivity index (χ4n) is 1.17. The Bertz CT molecular complexity index is 314. The Balaban J connectivity index is 2.51. The predicted molar refractivity (Wildman–Crippen MR) is 61.4 cm³/mol. The summed E-state index contributed by atoms with van der Waals surface area (Å²) in [4.78, 5) is 1.28. The molecule has 0 radical (unpaired) electrons. The molecule has 0 aliphatic rings. The summed E-state index contributed by atoms with van der Waals surface area (Å²) < 4.78 is 0. The number of nitriles is 1. The fourth-order valence-corrected chi connectivity index (χ4v) is 2.25. The Morgan fingerprint density at radius 1 is 1.43 bits per heavy atom. The minimum Gasteiger partial charge on any atom is -0.198 e. The fraction of sp³-hybridized carbons (Fsp3) is 0.417. The zero-order valence-corrected chi connectivity index (χ0v) is 9.31. The molecule has 1 aromatic carbocycles. The molecule has 0 aromatic heterocycles. The Morgan fingerprint density at radius 2 is 2.29 bits per heavy atom. The molecule has 0 aliphatic carbocycles. The van der Waals surface area contributed by atoms with Gasteiger partial charge < -0.3 is 0 Å². The third-order valence-corrected chi connectivity index (χ3v) is 3.03. The zero-order valence-electron chi connectivity index (χ0n) is 8.49. The van der Waals surface area contributed by atoms with Crippen LogP contribution in [0.15, 0.2) is 29.2 Å². The number of nitrogens with zero attached hydrogens (tertiary/aromatic N) is 1. The number of thioether (sulfide) groups is 1. The van der Waals surface area contributed by atoms with E-state index in [0.717, 1.165) is 5.56 Å². The molecule has 1 aromatic rings. The molecule has 0 atom stereocenters. The molecule has 0 amide bonds. The standard InChI is InChI=1S/C12H15NS/c1-2-3-9-14-12-6-4-5-11(10-12)7-8-13/h4-6,10H,2-3,7,9H2,1H3. The summed E-state index contributed by atoms with van der Waals surface area (Å²) in [7, 11) is 0. The van der Waals surface area contributed by atoms with E-state index < -0.39 is 0 Å². The third kappa shape index (κ3) is 3.85. The highest BCUT2D eigenvalue weighted by molar-refractivity contribution is 7.99. The minimum absolute atomic E-state index is 0.516. The molecule has 0 fully saturated rings. The second-order valence-electron chi connectivity index (χ2n) is 3.18. The van der Waals surface area contributed by atoms with Crippen LogP contribution in [0, 0.1) is 11.3 Å². The molecule has 14 heavy (non-hydrogen) atoms. The second kappa shape index (κ2) is 6.50. The lowest BCUT2D eigenvalue weighted by Crippen LogP contribution is -1.83. The molecule has 0 saturated heterocycles. The minimum atomic E-state index is 0.516. The van der Waals surface area contributed by atoms with E-state index in [2.05, 4.69) is 25.1 Å². The van der Waals surface area contributed by atoms with Gasteiger partial charge >= 0.3 is 0 Å². The highest BCUT2D eigenvalue weighted by Crippen LogP contribution is 2.20. The van der Waals surface area contributed by atoms with Gasteiger partial charge in [-0.05, 0) is 29.9 Å². The molecule has 0 heterocycles. The van der Waals surface area contributed by atoms with Gasteiger partial charge in [0.25, 0.3) is 0 Å². The summed E-state index contributed by atoms with van der Waals surface area (Å²) in [5.74, 6) is 1.17. The van der Waals surface area contributed by atoms with Gasteiger partial charge in [-0.1, -0.05) is 25.5 Å². The van der Waals surface area contributed by atoms with Crippen molar-refractivity contribution in [3.8, 4) is 6.07 Å². The van der Waals surface area contributed by atoms with Crippen molar-refractivity contribution in [1.29, 1.82) is 5.26 Å². The molecule has 0 bridgehead atoms. The Hall–Kier alpha value is -0.940. The Morgan fingerprint density at radius 3 is 3.00 bits per heavy atom. The van der Waals surface area contributed by atoms with E-state index in [4.69, 9.17) is 5.26 Å². The van der Waals surface area contributed by atoms with Gasteiger partial charge in [0.2, 0.25) is 0 Å². The van der Waals surface area contributed by atoms with Gasteiger partial charge in [-0.15, -0.1) is 11.8 Å². The van der Waals surface area contributed by atoms with Gasteiger partial charge in [-0.2, -0.15) is 5.26 Å². The smallest absolute Gasteiger partial charge is 0.0669 e. The number of rotatable bonds is 5. The summed E-state index contributed by atoms with van der Waals surface area (Å²) in [6, 6.07) is 10.4. The van der Waals surface area contributed by atoms with Crippen molar-refractivity contribution in [3.63, 3.8) is 0 Å². The summed E-state index contributed by atoms with van der Waals surface area (Å²) >= 11 is 1.88. The first kappa shape index (κ1) is 11.1. The number of benzene rings is 1. The van der Waals surface area contributed by atoms with Gasteiger partial charge in [0, 0.05) is 4.90 Å². The van der Waals surface area contributed by atoms with E-state index in [9.17, 15) is 0 Å². The van der Waals surface area contributed by atoms with Crippen LogP contribution in [0.3, 0.4) is 0 Å². The molecule has 0 N–H and O–H groups in total. The first-order chi connectivity index (χ1) is 6.86. The molecule has 74 valence electrons. The van der Waals surface area contributed by atoms with Crippen molar-refractivity contribution in [2.24, 2.45) is 0 Å². The highest BCUT2D eigenvalue weighted by Gasteiger charge is 1.95. The van der Waals surface area contributed by atoms with E-state index in [-0.39, 0.29) is 0 Å². The van der Waals surface area contributed by atoms with Crippen LogP contribution in [0.5, 0.6) is 0 Å². The van der Waals surface area contributed by atoms with Gasteiger partial charge in [0.15, 0.2) is 0 Å². The maximum absolute atomic E-state index is 8.57. The molecule has 1 nitrogen and oxygen atoms in total. The second-order valence-corrected chi connectivity index (χ2v) is 4.35. The van der Waals surface area contributed by atoms with Gasteiger partial charge in [0.05, 0.1) is 12.5 Å². The third-order valence-electron chi connectivity index (χ3n) is 1.95. The van der Waals surface area contributed by atoms with Crippen LogP contribution in [0.4, 0.5) is 0 Å². The summed E-state index contributed by atoms with van der Waals surface area (Å²) in [5, 5.41) is 8.57. The van der Waals surface area contributed by atoms with Crippen LogP contribution >= 0.6 is 11.8 Å². The predicted octanol–water partition coefficient (Wildman–Crippen LogP) is 3.64. The average Bonchev–Trinajstić information content (AvgIpc) is 2.19. The van der Waals surface area contributed by atoms with Crippen LogP contribution < -0.4 is 0 Å². The Kier molecular flexibility index (Phi) is 5.17. The average molecular weight is 205 g/mol. The van der Waals surface area contributed by atoms with Crippen LogP contribution in [-0.2, 0) is 6.42 Å². The largest absolute Gasteiger partial charge is 0.198 e. The lowest BCUT2D eigenvalue weighted by molar-refractivity contribution is 0.896. The molecule has 1 rings (SSSR count). The molecular weight excluding hydrogens is 190 g/mol. The monoisotopic (exact) mass is 205 g/mol. The quantitative estimate of drug-likeness (QED) is 0.541. The molecule has 0 saturated carbocycles. The maximum Gasteiger partial charge on any atom is 0.0669 e. The lowest BCUT2D eigenvalue weighted by Gasteiger charge is -2.01. The zero-order chi connectivity index (χ0) is 10.2.